The van der Waals surface area contributed by atoms with E-state index >= 15 is 0 Å². The van der Waals surface area contributed by atoms with E-state index in [-0.39, 0.29) is 17.8 Å². The molecular formula is C11H14FN3O4S. The Bertz CT molecular complexity index is 565. The van der Waals surface area contributed by atoms with Crippen molar-refractivity contribution in [3.63, 3.8) is 0 Å². The zero-order valence-corrected chi connectivity index (χ0v) is 11.5. The fraction of sp³-hybridized carbons (Fsp3) is 0.364. The lowest BCUT2D eigenvalue weighted by molar-refractivity contribution is -0.385. The molecule has 1 atom stereocenters. The third kappa shape index (κ3) is 4.26. The Balaban J connectivity index is 2.84. The molecule has 1 rings (SSSR count). The van der Waals surface area contributed by atoms with E-state index in [9.17, 15) is 23.5 Å². The minimum atomic E-state index is -0.972. The van der Waals surface area contributed by atoms with Crippen LogP contribution in [0.1, 0.15) is 16.8 Å². The van der Waals surface area contributed by atoms with Gasteiger partial charge in [0.1, 0.15) is 5.56 Å². The Morgan fingerprint density at radius 1 is 1.55 bits per heavy atom. The van der Waals surface area contributed by atoms with Crippen LogP contribution in [-0.4, -0.2) is 33.6 Å². The summed E-state index contributed by atoms with van der Waals surface area (Å²) in [5.41, 5.74) is 4.02. The van der Waals surface area contributed by atoms with E-state index in [2.05, 4.69) is 5.32 Å². The number of carbonyl (C=O) groups excluding carboxylic acids is 1. The predicted molar refractivity (Wildman–Crippen MR) is 73.4 cm³/mol. The molecule has 0 fully saturated rings. The molecule has 0 saturated heterocycles. The van der Waals surface area contributed by atoms with Gasteiger partial charge in [0.25, 0.3) is 11.6 Å². The summed E-state index contributed by atoms with van der Waals surface area (Å²) >= 11 is 0. The average Bonchev–Trinajstić information content (AvgIpc) is 2.36. The Kier molecular flexibility index (Phi) is 5.56. The lowest BCUT2D eigenvalue weighted by Crippen LogP contribution is -2.26. The van der Waals surface area contributed by atoms with Crippen LogP contribution in [0.15, 0.2) is 12.1 Å². The minimum absolute atomic E-state index is 0.215. The Morgan fingerprint density at radius 3 is 2.75 bits per heavy atom. The molecule has 110 valence electrons. The number of amides is 1. The lowest BCUT2D eigenvalue weighted by atomic mass is 10.1. The summed E-state index contributed by atoms with van der Waals surface area (Å²) < 4.78 is 24.0. The monoisotopic (exact) mass is 303 g/mol. The number of anilines is 1. The van der Waals surface area contributed by atoms with Gasteiger partial charge < -0.3 is 11.1 Å². The van der Waals surface area contributed by atoms with Crippen molar-refractivity contribution in [1.82, 2.24) is 5.32 Å². The van der Waals surface area contributed by atoms with E-state index in [0.29, 0.717) is 18.2 Å². The highest BCUT2D eigenvalue weighted by atomic mass is 32.2. The van der Waals surface area contributed by atoms with Crippen LogP contribution in [0.4, 0.5) is 15.8 Å². The van der Waals surface area contributed by atoms with E-state index in [4.69, 9.17) is 5.73 Å². The Labute approximate surface area is 117 Å². The molecule has 0 aliphatic carbocycles. The van der Waals surface area contributed by atoms with Gasteiger partial charge in [-0.1, -0.05) is 0 Å². The molecular weight excluding hydrogens is 289 g/mol. The number of benzene rings is 1. The number of nitrogens with zero attached hydrogens (tertiary/aromatic N) is 1. The Hall–Kier alpha value is -2.03. The number of nitrogen functional groups attached to an aromatic ring is 1. The second-order valence-electron chi connectivity index (χ2n) is 4.03. The summed E-state index contributed by atoms with van der Waals surface area (Å²) in [7, 11) is -0.972. The van der Waals surface area contributed by atoms with Gasteiger partial charge in [0.2, 0.25) is 0 Å². The molecule has 1 amide bonds. The molecule has 0 radical (unpaired) electrons. The van der Waals surface area contributed by atoms with Gasteiger partial charge in [0.05, 0.1) is 16.7 Å². The fourth-order valence-electron chi connectivity index (χ4n) is 1.49. The minimum Gasteiger partial charge on any atom is -0.396 e. The van der Waals surface area contributed by atoms with E-state index in [1.165, 1.54) is 6.26 Å². The number of nitrogens with two attached hydrogens (primary N) is 1. The van der Waals surface area contributed by atoms with Crippen molar-refractivity contribution < 1.29 is 18.3 Å². The first-order valence-corrected chi connectivity index (χ1v) is 7.37. The van der Waals surface area contributed by atoms with Gasteiger partial charge >= 0.3 is 0 Å². The molecule has 0 heterocycles. The topological polar surface area (TPSA) is 115 Å². The van der Waals surface area contributed by atoms with Crippen molar-refractivity contribution in [2.45, 2.75) is 6.42 Å². The number of hydrogen-bond acceptors (Lipinski definition) is 5. The summed E-state index contributed by atoms with van der Waals surface area (Å²) in [6, 6.07) is 1.55. The maximum Gasteiger partial charge on any atom is 0.285 e. The first-order valence-electron chi connectivity index (χ1n) is 5.64. The molecule has 1 unspecified atom stereocenters. The largest absolute Gasteiger partial charge is 0.396 e. The normalized spacial score (nSPS) is 11.9. The van der Waals surface area contributed by atoms with Crippen molar-refractivity contribution in [3.8, 4) is 0 Å². The molecule has 0 saturated carbocycles. The SMILES string of the molecule is CS(=O)CCCNC(=O)c1cc(N)c(F)cc1[N+](=O)[O-]. The van der Waals surface area contributed by atoms with Crippen molar-refractivity contribution in [2.75, 3.05) is 24.3 Å². The van der Waals surface area contributed by atoms with Crippen LogP contribution in [0.5, 0.6) is 0 Å². The number of nitrogens with one attached hydrogen (secondary N) is 1. The van der Waals surface area contributed by atoms with Crippen LogP contribution in [-0.2, 0) is 10.8 Å². The van der Waals surface area contributed by atoms with Crippen molar-refractivity contribution in [3.05, 3.63) is 33.6 Å². The van der Waals surface area contributed by atoms with Crippen LogP contribution in [0.3, 0.4) is 0 Å². The van der Waals surface area contributed by atoms with Crippen molar-refractivity contribution in [2.24, 2.45) is 0 Å². The third-order valence-corrected chi connectivity index (χ3v) is 3.31. The molecule has 0 spiro atoms. The predicted octanol–water partition coefficient (Wildman–Crippen LogP) is 0.814. The first-order chi connectivity index (χ1) is 9.32. The summed E-state index contributed by atoms with van der Waals surface area (Å²) in [6.07, 6.45) is 2.01. The average molecular weight is 303 g/mol. The van der Waals surface area contributed by atoms with Gasteiger partial charge in [0, 0.05) is 29.4 Å². The second-order valence-corrected chi connectivity index (χ2v) is 5.59. The molecule has 0 bridgehead atoms. The van der Waals surface area contributed by atoms with Gasteiger partial charge in [-0.25, -0.2) is 4.39 Å². The van der Waals surface area contributed by atoms with Gasteiger partial charge in [-0.05, 0) is 12.5 Å². The van der Waals surface area contributed by atoms with Crippen LogP contribution in [0.2, 0.25) is 0 Å². The summed E-state index contributed by atoms with van der Waals surface area (Å²) in [6.45, 7) is 0.215. The van der Waals surface area contributed by atoms with Gasteiger partial charge in [-0.3, -0.25) is 19.1 Å². The summed E-state index contributed by atoms with van der Waals surface area (Å²) in [4.78, 5) is 21.7. The number of nitro benzene ring substituents is 1. The quantitative estimate of drug-likeness (QED) is 0.349. The van der Waals surface area contributed by atoms with Crippen LogP contribution >= 0.6 is 0 Å². The molecule has 3 N–H and O–H groups in total. The molecule has 7 nitrogen and oxygen atoms in total. The zero-order chi connectivity index (χ0) is 15.3. The van der Waals surface area contributed by atoms with Crippen LogP contribution in [0, 0.1) is 15.9 Å². The highest BCUT2D eigenvalue weighted by molar-refractivity contribution is 7.84. The smallest absolute Gasteiger partial charge is 0.285 e. The lowest BCUT2D eigenvalue weighted by Gasteiger charge is -2.06. The molecule has 20 heavy (non-hydrogen) atoms. The van der Waals surface area contributed by atoms with Crippen molar-refractivity contribution >= 4 is 28.1 Å². The van der Waals surface area contributed by atoms with E-state index in [0.717, 1.165) is 6.07 Å². The van der Waals surface area contributed by atoms with Crippen LogP contribution < -0.4 is 11.1 Å². The summed E-state index contributed by atoms with van der Waals surface area (Å²) in [5.74, 6) is -1.26. The van der Waals surface area contributed by atoms with E-state index < -0.39 is 33.1 Å². The molecule has 9 heteroatoms. The van der Waals surface area contributed by atoms with Gasteiger partial charge in [0.15, 0.2) is 5.82 Å². The zero-order valence-electron chi connectivity index (χ0n) is 10.7. The standard InChI is InChI=1S/C11H14FN3O4S/c1-20(19)4-2-3-14-11(16)7-5-9(13)8(12)6-10(7)15(17)18/h5-6H,2-4,13H2,1H3,(H,14,16). The van der Waals surface area contributed by atoms with E-state index in [1.54, 1.807) is 0 Å². The molecule has 1 aromatic carbocycles. The highest BCUT2D eigenvalue weighted by Gasteiger charge is 2.22. The number of rotatable bonds is 6. The molecule has 1 aromatic rings. The van der Waals surface area contributed by atoms with E-state index in [1.807, 2.05) is 0 Å². The highest BCUT2D eigenvalue weighted by Crippen LogP contribution is 2.24. The molecule has 0 aliphatic heterocycles. The molecule has 0 aliphatic rings. The maximum atomic E-state index is 13.2. The van der Waals surface area contributed by atoms with Crippen molar-refractivity contribution in [1.29, 1.82) is 0 Å². The first kappa shape index (κ1) is 16.0. The number of hydrogen-bond donors (Lipinski definition) is 2. The maximum absolute atomic E-state index is 13.2. The Morgan fingerprint density at radius 2 is 2.20 bits per heavy atom. The number of nitro groups is 1. The second kappa shape index (κ2) is 6.94. The molecule has 0 aromatic heterocycles. The number of carbonyl (C=O) groups is 1. The fourth-order valence-corrected chi connectivity index (χ4v) is 2.04. The third-order valence-electron chi connectivity index (χ3n) is 2.45. The van der Waals surface area contributed by atoms with Crippen LogP contribution in [0.25, 0.3) is 0 Å². The number of halogens is 1. The summed E-state index contributed by atoms with van der Waals surface area (Å²) in [5, 5.41) is 13.2. The van der Waals surface area contributed by atoms with Gasteiger partial charge in [-0.15, -0.1) is 0 Å². The van der Waals surface area contributed by atoms with Gasteiger partial charge in [-0.2, -0.15) is 0 Å².